The van der Waals surface area contributed by atoms with Crippen LogP contribution >= 0.6 is 0 Å². The lowest BCUT2D eigenvalue weighted by atomic mass is 9.94. The van der Waals surface area contributed by atoms with Gasteiger partial charge in [-0.2, -0.15) is 4.31 Å². The first kappa shape index (κ1) is 17.9. The number of piperidine rings is 2. The third-order valence-electron chi connectivity index (χ3n) is 5.54. The molecular formula is C19H30N2O2S. The highest BCUT2D eigenvalue weighted by Crippen LogP contribution is 2.27. The van der Waals surface area contributed by atoms with Crippen molar-refractivity contribution in [2.45, 2.75) is 44.4 Å². The maximum absolute atomic E-state index is 12.9. The molecule has 4 nitrogen and oxygen atoms in total. The van der Waals surface area contributed by atoms with Crippen LogP contribution in [-0.2, 0) is 10.0 Å². The van der Waals surface area contributed by atoms with Crippen molar-refractivity contribution in [3.63, 3.8) is 0 Å². The molecule has 0 aromatic heterocycles. The molecule has 2 fully saturated rings. The van der Waals surface area contributed by atoms with E-state index in [-0.39, 0.29) is 0 Å². The SMILES string of the molecule is Cc1ccccc1S(=O)(=O)N1CCC(CN2CCCC(C)C2)CC1. The van der Waals surface area contributed by atoms with Crippen molar-refractivity contribution in [2.24, 2.45) is 11.8 Å². The van der Waals surface area contributed by atoms with Crippen LogP contribution in [0, 0.1) is 18.8 Å². The van der Waals surface area contributed by atoms with Gasteiger partial charge < -0.3 is 4.90 Å². The van der Waals surface area contributed by atoms with Gasteiger partial charge in [-0.05, 0) is 62.6 Å². The summed E-state index contributed by atoms with van der Waals surface area (Å²) < 4.78 is 27.4. The Labute approximate surface area is 146 Å². The lowest BCUT2D eigenvalue weighted by Crippen LogP contribution is -2.43. The molecular weight excluding hydrogens is 320 g/mol. The van der Waals surface area contributed by atoms with Gasteiger partial charge in [0.05, 0.1) is 4.90 Å². The summed E-state index contributed by atoms with van der Waals surface area (Å²) in [5, 5.41) is 0. The van der Waals surface area contributed by atoms with Gasteiger partial charge in [0.2, 0.25) is 10.0 Å². The van der Waals surface area contributed by atoms with Gasteiger partial charge in [-0.15, -0.1) is 0 Å². The van der Waals surface area contributed by atoms with Crippen LogP contribution in [0.25, 0.3) is 0 Å². The van der Waals surface area contributed by atoms with Crippen LogP contribution in [0.5, 0.6) is 0 Å². The molecule has 0 spiro atoms. The molecule has 24 heavy (non-hydrogen) atoms. The van der Waals surface area contributed by atoms with Gasteiger partial charge in [-0.3, -0.25) is 0 Å². The third-order valence-corrected chi connectivity index (χ3v) is 7.60. The first-order valence-electron chi connectivity index (χ1n) is 9.25. The second-order valence-corrected chi connectivity index (χ2v) is 9.53. The van der Waals surface area contributed by atoms with Crippen LogP contribution in [0.15, 0.2) is 29.2 Å². The maximum Gasteiger partial charge on any atom is 0.243 e. The van der Waals surface area contributed by atoms with E-state index in [2.05, 4.69) is 11.8 Å². The summed E-state index contributed by atoms with van der Waals surface area (Å²) in [7, 11) is -3.34. The fourth-order valence-corrected chi connectivity index (χ4v) is 5.83. The molecule has 2 aliphatic heterocycles. The van der Waals surface area contributed by atoms with Crippen molar-refractivity contribution >= 4 is 10.0 Å². The minimum absolute atomic E-state index is 0.466. The third kappa shape index (κ3) is 4.01. The van der Waals surface area contributed by atoms with Gasteiger partial charge in [0.15, 0.2) is 0 Å². The quantitative estimate of drug-likeness (QED) is 0.838. The van der Waals surface area contributed by atoms with E-state index in [1.807, 2.05) is 25.1 Å². The summed E-state index contributed by atoms with van der Waals surface area (Å²) in [6.07, 6.45) is 4.62. The second-order valence-electron chi connectivity index (χ2n) is 7.62. The zero-order valence-corrected chi connectivity index (χ0v) is 15.8. The Kier molecular flexibility index (Phi) is 5.63. The molecule has 0 amide bonds. The summed E-state index contributed by atoms with van der Waals surface area (Å²) in [5.74, 6) is 1.44. The molecule has 0 bridgehead atoms. The van der Waals surface area contributed by atoms with E-state index < -0.39 is 10.0 Å². The number of likely N-dealkylation sites (tertiary alicyclic amines) is 1. The number of hydrogen-bond acceptors (Lipinski definition) is 3. The minimum Gasteiger partial charge on any atom is -0.303 e. The number of rotatable bonds is 4. The maximum atomic E-state index is 12.9. The summed E-state index contributed by atoms with van der Waals surface area (Å²) in [4.78, 5) is 3.05. The van der Waals surface area contributed by atoms with Gasteiger partial charge in [0.1, 0.15) is 0 Å². The van der Waals surface area contributed by atoms with Crippen LogP contribution in [0.4, 0.5) is 0 Å². The Morgan fingerprint density at radius 2 is 1.79 bits per heavy atom. The first-order chi connectivity index (χ1) is 11.5. The van der Waals surface area contributed by atoms with Crippen molar-refractivity contribution in [3.8, 4) is 0 Å². The van der Waals surface area contributed by atoms with Gasteiger partial charge in [0, 0.05) is 26.2 Å². The standard InChI is InChI=1S/C19H30N2O2S/c1-16-6-5-11-20(14-16)15-18-9-12-21(13-10-18)24(22,23)19-8-4-3-7-17(19)2/h3-4,7-8,16,18H,5-6,9-15H2,1-2H3. The lowest BCUT2D eigenvalue weighted by molar-refractivity contribution is 0.136. The largest absolute Gasteiger partial charge is 0.303 e. The zero-order valence-electron chi connectivity index (χ0n) is 14.9. The molecule has 1 aromatic rings. The van der Waals surface area contributed by atoms with E-state index in [1.165, 1.54) is 25.9 Å². The van der Waals surface area contributed by atoms with Gasteiger partial charge in [-0.25, -0.2) is 8.42 Å². The van der Waals surface area contributed by atoms with Crippen LogP contribution in [0.1, 0.15) is 38.2 Å². The van der Waals surface area contributed by atoms with E-state index in [0.717, 1.165) is 30.9 Å². The van der Waals surface area contributed by atoms with Crippen molar-refractivity contribution in [3.05, 3.63) is 29.8 Å². The number of hydrogen-bond donors (Lipinski definition) is 0. The van der Waals surface area contributed by atoms with Crippen LogP contribution in [0.2, 0.25) is 0 Å². The fraction of sp³-hybridized carbons (Fsp3) is 0.684. The molecule has 2 aliphatic rings. The molecule has 0 radical (unpaired) electrons. The highest BCUT2D eigenvalue weighted by atomic mass is 32.2. The molecule has 134 valence electrons. The minimum atomic E-state index is -3.34. The summed E-state index contributed by atoms with van der Waals surface area (Å²) in [5.41, 5.74) is 0.835. The van der Waals surface area contributed by atoms with E-state index in [1.54, 1.807) is 10.4 Å². The van der Waals surface area contributed by atoms with E-state index >= 15 is 0 Å². The van der Waals surface area contributed by atoms with Crippen LogP contribution < -0.4 is 0 Å². The lowest BCUT2D eigenvalue weighted by Gasteiger charge is -2.37. The number of nitrogens with zero attached hydrogens (tertiary/aromatic N) is 2. The number of sulfonamides is 1. The number of benzene rings is 1. The van der Waals surface area contributed by atoms with Crippen LogP contribution in [-0.4, -0.2) is 50.3 Å². The van der Waals surface area contributed by atoms with E-state index in [4.69, 9.17) is 0 Å². The van der Waals surface area contributed by atoms with E-state index in [0.29, 0.717) is 23.9 Å². The average molecular weight is 351 g/mol. The highest BCUT2D eigenvalue weighted by Gasteiger charge is 2.31. The molecule has 0 aliphatic carbocycles. The second kappa shape index (κ2) is 7.54. The molecule has 0 N–H and O–H groups in total. The summed E-state index contributed by atoms with van der Waals surface area (Å²) in [6.45, 7) is 9.09. The average Bonchev–Trinajstić information content (AvgIpc) is 2.55. The highest BCUT2D eigenvalue weighted by molar-refractivity contribution is 7.89. The molecule has 5 heteroatoms. The van der Waals surface area contributed by atoms with Crippen LogP contribution in [0.3, 0.4) is 0 Å². The van der Waals surface area contributed by atoms with Crippen molar-refractivity contribution in [1.82, 2.24) is 9.21 Å². The first-order valence-corrected chi connectivity index (χ1v) is 10.7. The van der Waals surface area contributed by atoms with Gasteiger partial charge in [-0.1, -0.05) is 25.1 Å². The Bertz CT molecular complexity index is 651. The van der Waals surface area contributed by atoms with Crippen molar-refractivity contribution in [2.75, 3.05) is 32.7 Å². The normalized spacial score (nSPS) is 25.0. The molecule has 1 unspecified atom stereocenters. The van der Waals surface area contributed by atoms with E-state index in [9.17, 15) is 8.42 Å². The predicted octanol–water partition coefficient (Wildman–Crippen LogP) is 3.13. The fourth-order valence-electron chi connectivity index (χ4n) is 4.13. The van der Waals surface area contributed by atoms with Crippen molar-refractivity contribution < 1.29 is 8.42 Å². The molecule has 1 atom stereocenters. The molecule has 2 saturated heterocycles. The molecule has 1 aromatic carbocycles. The number of aryl methyl sites for hydroxylation is 1. The smallest absolute Gasteiger partial charge is 0.243 e. The zero-order chi connectivity index (χ0) is 17.2. The molecule has 3 rings (SSSR count). The Hall–Kier alpha value is -0.910. The predicted molar refractivity (Wildman–Crippen MR) is 97.5 cm³/mol. The molecule has 2 heterocycles. The van der Waals surface area contributed by atoms with Gasteiger partial charge >= 0.3 is 0 Å². The monoisotopic (exact) mass is 350 g/mol. The Morgan fingerprint density at radius 3 is 2.46 bits per heavy atom. The Morgan fingerprint density at radius 1 is 1.08 bits per heavy atom. The molecule has 0 saturated carbocycles. The summed E-state index contributed by atoms with van der Waals surface area (Å²) >= 11 is 0. The van der Waals surface area contributed by atoms with Crippen molar-refractivity contribution in [1.29, 1.82) is 0 Å². The topological polar surface area (TPSA) is 40.6 Å². The van der Waals surface area contributed by atoms with Gasteiger partial charge in [0.25, 0.3) is 0 Å². The summed E-state index contributed by atoms with van der Waals surface area (Å²) in [6, 6.07) is 7.30. The Balaban J connectivity index is 1.58.